The topological polar surface area (TPSA) is 75.7 Å². The Balaban J connectivity index is 1.65. The molecule has 184 valence electrons. The van der Waals surface area contributed by atoms with Crippen molar-refractivity contribution in [2.24, 2.45) is 0 Å². The molecule has 0 bridgehead atoms. The van der Waals surface area contributed by atoms with Crippen molar-refractivity contribution in [3.05, 3.63) is 113 Å². The van der Waals surface area contributed by atoms with Crippen molar-refractivity contribution in [3.63, 3.8) is 0 Å². The van der Waals surface area contributed by atoms with Crippen molar-refractivity contribution in [3.8, 4) is 11.5 Å². The molecule has 0 fully saturated rings. The van der Waals surface area contributed by atoms with Crippen molar-refractivity contribution < 1.29 is 17.9 Å². The van der Waals surface area contributed by atoms with Crippen LogP contribution in [0.15, 0.2) is 102 Å². The van der Waals surface area contributed by atoms with E-state index in [1.54, 1.807) is 60.7 Å². The van der Waals surface area contributed by atoms with Crippen LogP contribution in [0, 0.1) is 13.8 Å². The standard InChI is InChI=1S/C28H25ClN2O4S/c1-20-13-15-23(17-21(20)2)31(36(33,34)25-11-7-4-8-12-25)19-28(32)30-26-18-22(29)14-16-27(26)35-24-9-5-3-6-10-24/h3-18H,19H2,1-2H3,(H,30,32). The zero-order chi connectivity index (χ0) is 25.7. The molecule has 36 heavy (non-hydrogen) atoms. The molecule has 0 aromatic heterocycles. The number of rotatable bonds is 8. The Morgan fingerprint density at radius 2 is 1.53 bits per heavy atom. The molecule has 0 radical (unpaired) electrons. The number of nitrogens with one attached hydrogen (secondary N) is 1. The number of carbonyl (C=O) groups excluding carboxylic acids is 1. The van der Waals surface area contributed by atoms with Crippen LogP contribution < -0.4 is 14.4 Å². The van der Waals surface area contributed by atoms with Gasteiger partial charge in [0, 0.05) is 5.02 Å². The molecule has 0 aliphatic carbocycles. The number of ether oxygens (including phenoxy) is 1. The van der Waals surface area contributed by atoms with E-state index < -0.39 is 22.5 Å². The van der Waals surface area contributed by atoms with E-state index in [9.17, 15) is 13.2 Å². The predicted molar refractivity (Wildman–Crippen MR) is 143 cm³/mol. The number of halogens is 1. The zero-order valence-corrected chi connectivity index (χ0v) is 21.4. The summed E-state index contributed by atoms with van der Waals surface area (Å²) in [6.07, 6.45) is 0. The Labute approximate surface area is 216 Å². The molecule has 8 heteroatoms. The van der Waals surface area contributed by atoms with Gasteiger partial charge in [0.1, 0.15) is 12.3 Å². The second-order valence-corrected chi connectivity index (χ2v) is 10.5. The van der Waals surface area contributed by atoms with Gasteiger partial charge in [0.25, 0.3) is 10.0 Å². The SMILES string of the molecule is Cc1ccc(N(CC(=O)Nc2cc(Cl)ccc2Oc2ccccc2)S(=O)(=O)c2ccccc2)cc1C. The quantitative estimate of drug-likeness (QED) is 0.284. The number of carbonyl (C=O) groups is 1. The first kappa shape index (κ1) is 25.3. The third-order valence-electron chi connectivity index (χ3n) is 5.58. The molecule has 0 saturated carbocycles. The fourth-order valence-electron chi connectivity index (χ4n) is 3.54. The summed E-state index contributed by atoms with van der Waals surface area (Å²) in [5, 5.41) is 3.16. The summed E-state index contributed by atoms with van der Waals surface area (Å²) in [6, 6.07) is 27.3. The minimum Gasteiger partial charge on any atom is -0.455 e. The molecule has 1 N–H and O–H groups in total. The van der Waals surface area contributed by atoms with Gasteiger partial charge in [-0.3, -0.25) is 9.10 Å². The summed E-state index contributed by atoms with van der Waals surface area (Å²) in [5.41, 5.74) is 2.65. The maximum Gasteiger partial charge on any atom is 0.264 e. The largest absolute Gasteiger partial charge is 0.455 e. The van der Waals surface area contributed by atoms with Gasteiger partial charge in [0.05, 0.1) is 16.3 Å². The van der Waals surface area contributed by atoms with Crippen molar-refractivity contribution in [2.45, 2.75) is 18.7 Å². The first-order chi connectivity index (χ1) is 17.2. The number of nitrogens with zero attached hydrogens (tertiary/aromatic N) is 1. The second kappa shape index (κ2) is 10.8. The van der Waals surface area contributed by atoms with Crippen LogP contribution in [0.3, 0.4) is 0 Å². The molecule has 0 atom stereocenters. The minimum absolute atomic E-state index is 0.0897. The van der Waals surface area contributed by atoms with E-state index in [1.807, 2.05) is 38.1 Å². The molecular formula is C28H25ClN2O4S. The normalized spacial score (nSPS) is 11.1. The number of hydrogen-bond donors (Lipinski definition) is 1. The average Bonchev–Trinajstić information content (AvgIpc) is 2.87. The smallest absolute Gasteiger partial charge is 0.264 e. The molecule has 4 rings (SSSR count). The highest BCUT2D eigenvalue weighted by atomic mass is 35.5. The lowest BCUT2D eigenvalue weighted by Crippen LogP contribution is -2.38. The van der Waals surface area contributed by atoms with Gasteiger partial charge in [-0.05, 0) is 79.6 Å². The number of para-hydroxylation sites is 1. The van der Waals surface area contributed by atoms with Crippen molar-refractivity contribution in [2.75, 3.05) is 16.2 Å². The van der Waals surface area contributed by atoms with Gasteiger partial charge in [-0.1, -0.05) is 54.1 Å². The number of sulfonamides is 1. The Hall–Kier alpha value is -3.81. The Morgan fingerprint density at radius 1 is 0.861 bits per heavy atom. The molecule has 0 aliphatic rings. The lowest BCUT2D eigenvalue weighted by atomic mass is 10.1. The molecular weight excluding hydrogens is 496 g/mol. The number of amides is 1. The number of aryl methyl sites for hydroxylation is 2. The molecule has 4 aromatic rings. The molecule has 0 heterocycles. The first-order valence-electron chi connectivity index (χ1n) is 11.2. The summed E-state index contributed by atoms with van der Waals surface area (Å²) in [6.45, 7) is 3.39. The van der Waals surface area contributed by atoms with Gasteiger partial charge >= 0.3 is 0 Å². The van der Waals surface area contributed by atoms with Crippen molar-refractivity contribution >= 4 is 38.9 Å². The predicted octanol–water partition coefficient (Wildman–Crippen LogP) is 6.58. The van der Waals surface area contributed by atoms with Crippen LogP contribution in [0.4, 0.5) is 11.4 Å². The Bertz CT molecular complexity index is 1480. The van der Waals surface area contributed by atoms with E-state index in [-0.39, 0.29) is 4.90 Å². The summed E-state index contributed by atoms with van der Waals surface area (Å²) in [7, 11) is -4.02. The minimum atomic E-state index is -4.02. The van der Waals surface area contributed by atoms with E-state index in [2.05, 4.69) is 5.32 Å². The van der Waals surface area contributed by atoms with E-state index in [0.717, 1.165) is 15.4 Å². The maximum absolute atomic E-state index is 13.6. The molecule has 4 aromatic carbocycles. The Kier molecular flexibility index (Phi) is 7.62. The fraction of sp³-hybridized carbons (Fsp3) is 0.107. The van der Waals surface area contributed by atoms with Gasteiger partial charge in [-0.15, -0.1) is 0 Å². The molecule has 6 nitrogen and oxygen atoms in total. The number of benzene rings is 4. The highest BCUT2D eigenvalue weighted by Crippen LogP contribution is 2.32. The van der Waals surface area contributed by atoms with Crippen LogP contribution in [0.1, 0.15) is 11.1 Å². The molecule has 0 saturated heterocycles. The molecule has 1 amide bonds. The zero-order valence-electron chi connectivity index (χ0n) is 19.8. The van der Waals surface area contributed by atoms with Gasteiger partial charge in [-0.25, -0.2) is 8.42 Å². The fourth-order valence-corrected chi connectivity index (χ4v) is 5.15. The van der Waals surface area contributed by atoms with Crippen LogP contribution in [-0.4, -0.2) is 20.9 Å². The van der Waals surface area contributed by atoms with Crippen LogP contribution in [0.5, 0.6) is 11.5 Å². The van der Waals surface area contributed by atoms with E-state index in [4.69, 9.17) is 16.3 Å². The van der Waals surface area contributed by atoms with E-state index in [1.165, 1.54) is 12.1 Å². The van der Waals surface area contributed by atoms with Crippen LogP contribution in [-0.2, 0) is 14.8 Å². The van der Waals surface area contributed by atoms with Gasteiger partial charge in [-0.2, -0.15) is 0 Å². The Morgan fingerprint density at radius 3 is 2.19 bits per heavy atom. The number of anilines is 2. The lowest BCUT2D eigenvalue weighted by Gasteiger charge is -2.25. The van der Waals surface area contributed by atoms with Gasteiger partial charge in [0.2, 0.25) is 5.91 Å². The summed E-state index contributed by atoms with van der Waals surface area (Å²) < 4.78 is 34.2. The summed E-state index contributed by atoms with van der Waals surface area (Å²) in [4.78, 5) is 13.3. The third kappa shape index (κ3) is 5.87. The monoisotopic (exact) mass is 520 g/mol. The van der Waals surface area contributed by atoms with Crippen LogP contribution in [0.2, 0.25) is 5.02 Å². The van der Waals surface area contributed by atoms with E-state index in [0.29, 0.717) is 27.9 Å². The molecule has 0 unspecified atom stereocenters. The first-order valence-corrected chi connectivity index (χ1v) is 13.0. The van der Waals surface area contributed by atoms with Crippen LogP contribution in [0.25, 0.3) is 0 Å². The lowest BCUT2D eigenvalue weighted by molar-refractivity contribution is -0.114. The number of hydrogen-bond acceptors (Lipinski definition) is 4. The highest BCUT2D eigenvalue weighted by molar-refractivity contribution is 7.92. The average molecular weight is 521 g/mol. The second-order valence-electron chi connectivity index (χ2n) is 8.20. The molecule has 0 aliphatic heterocycles. The van der Waals surface area contributed by atoms with Gasteiger partial charge < -0.3 is 10.1 Å². The van der Waals surface area contributed by atoms with Crippen molar-refractivity contribution in [1.82, 2.24) is 0 Å². The molecule has 0 spiro atoms. The summed E-state index contributed by atoms with van der Waals surface area (Å²) in [5.74, 6) is 0.411. The summed E-state index contributed by atoms with van der Waals surface area (Å²) >= 11 is 6.18. The van der Waals surface area contributed by atoms with E-state index >= 15 is 0 Å². The van der Waals surface area contributed by atoms with Gasteiger partial charge in [0.15, 0.2) is 5.75 Å². The highest BCUT2D eigenvalue weighted by Gasteiger charge is 2.27. The third-order valence-corrected chi connectivity index (χ3v) is 7.61. The van der Waals surface area contributed by atoms with Crippen molar-refractivity contribution in [1.29, 1.82) is 0 Å². The maximum atomic E-state index is 13.6. The van der Waals surface area contributed by atoms with Crippen LogP contribution >= 0.6 is 11.6 Å².